The molecule has 1 atom stereocenters. The SMILES string of the molecule is COc1cc(C(=O)N2CCO[C@H](CC(=O)O)C2)cc(OC)c1Br. The van der Waals surface area contributed by atoms with E-state index in [1.807, 2.05) is 0 Å². The molecule has 1 aliphatic heterocycles. The van der Waals surface area contributed by atoms with Crippen molar-refractivity contribution in [1.29, 1.82) is 0 Å². The molecule has 1 aliphatic rings. The van der Waals surface area contributed by atoms with Gasteiger partial charge in [0.25, 0.3) is 5.91 Å². The Labute approximate surface area is 142 Å². The number of carboxylic acid groups (broad SMARTS) is 1. The summed E-state index contributed by atoms with van der Waals surface area (Å²) in [4.78, 5) is 25.1. The van der Waals surface area contributed by atoms with Gasteiger partial charge in [-0.15, -0.1) is 0 Å². The van der Waals surface area contributed by atoms with Crippen molar-refractivity contribution in [2.24, 2.45) is 0 Å². The summed E-state index contributed by atoms with van der Waals surface area (Å²) >= 11 is 3.36. The van der Waals surface area contributed by atoms with Crippen LogP contribution >= 0.6 is 15.9 Å². The van der Waals surface area contributed by atoms with Crippen LogP contribution < -0.4 is 9.47 Å². The summed E-state index contributed by atoms with van der Waals surface area (Å²) in [7, 11) is 3.01. The number of nitrogens with zero attached hydrogens (tertiary/aromatic N) is 1. The molecule has 1 fully saturated rings. The lowest BCUT2D eigenvalue weighted by atomic mass is 10.1. The predicted octanol–water partition coefficient (Wildman–Crippen LogP) is 1.78. The van der Waals surface area contributed by atoms with Gasteiger partial charge in [-0.3, -0.25) is 9.59 Å². The van der Waals surface area contributed by atoms with Crippen LogP contribution in [0.15, 0.2) is 16.6 Å². The molecule has 0 unspecified atom stereocenters. The molecule has 2 rings (SSSR count). The van der Waals surface area contributed by atoms with Crippen molar-refractivity contribution in [2.75, 3.05) is 33.9 Å². The van der Waals surface area contributed by atoms with Crippen molar-refractivity contribution < 1.29 is 28.9 Å². The summed E-state index contributed by atoms with van der Waals surface area (Å²) in [5.41, 5.74) is 0.415. The van der Waals surface area contributed by atoms with Gasteiger partial charge in [0, 0.05) is 18.7 Å². The third kappa shape index (κ3) is 4.14. The Morgan fingerprint density at radius 3 is 2.48 bits per heavy atom. The quantitative estimate of drug-likeness (QED) is 0.828. The third-order valence-electron chi connectivity index (χ3n) is 3.52. The molecule has 126 valence electrons. The molecule has 0 aliphatic carbocycles. The Bertz CT molecular complexity index is 581. The number of methoxy groups -OCH3 is 2. The molecule has 0 aromatic heterocycles. The Morgan fingerprint density at radius 1 is 1.35 bits per heavy atom. The highest BCUT2D eigenvalue weighted by Crippen LogP contribution is 2.36. The number of hydrogen-bond acceptors (Lipinski definition) is 5. The molecule has 0 bridgehead atoms. The first-order chi connectivity index (χ1) is 11.0. The van der Waals surface area contributed by atoms with Gasteiger partial charge >= 0.3 is 5.97 Å². The van der Waals surface area contributed by atoms with Gasteiger partial charge in [-0.2, -0.15) is 0 Å². The van der Waals surface area contributed by atoms with E-state index in [0.717, 1.165) is 0 Å². The Balaban J connectivity index is 2.21. The summed E-state index contributed by atoms with van der Waals surface area (Å²) in [6, 6.07) is 3.24. The van der Waals surface area contributed by atoms with Gasteiger partial charge in [0.1, 0.15) is 16.0 Å². The van der Waals surface area contributed by atoms with Crippen LogP contribution in [0, 0.1) is 0 Å². The molecule has 0 radical (unpaired) electrons. The van der Waals surface area contributed by atoms with Crippen LogP contribution in [-0.2, 0) is 9.53 Å². The number of carbonyl (C=O) groups is 2. The first kappa shape index (κ1) is 17.6. The number of carbonyl (C=O) groups excluding carboxylic acids is 1. The maximum Gasteiger partial charge on any atom is 0.306 e. The molecule has 23 heavy (non-hydrogen) atoms. The minimum atomic E-state index is -0.948. The molecule has 0 saturated carbocycles. The molecular formula is C15H18BrNO6. The van der Waals surface area contributed by atoms with E-state index in [1.54, 1.807) is 17.0 Å². The number of ether oxygens (including phenoxy) is 3. The lowest BCUT2D eigenvalue weighted by Gasteiger charge is -2.32. The van der Waals surface area contributed by atoms with E-state index in [2.05, 4.69) is 15.9 Å². The second kappa shape index (κ2) is 7.65. The van der Waals surface area contributed by atoms with Crippen molar-refractivity contribution >= 4 is 27.8 Å². The first-order valence-corrected chi connectivity index (χ1v) is 7.79. The van der Waals surface area contributed by atoms with Crippen molar-refractivity contribution in [1.82, 2.24) is 4.90 Å². The second-order valence-electron chi connectivity index (χ2n) is 5.04. The fraction of sp³-hybridized carbons (Fsp3) is 0.467. The fourth-order valence-corrected chi connectivity index (χ4v) is 2.95. The third-order valence-corrected chi connectivity index (χ3v) is 4.30. The van der Waals surface area contributed by atoms with Crippen LogP contribution in [0.3, 0.4) is 0 Å². The van der Waals surface area contributed by atoms with E-state index in [4.69, 9.17) is 19.3 Å². The normalized spacial score (nSPS) is 17.7. The number of benzene rings is 1. The molecule has 0 spiro atoms. The molecule has 7 nitrogen and oxygen atoms in total. The van der Waals surface area contributed by atoms with Crippen molar-refractivity contribution in [3.8, 4) is 11.5 Å². The molecule has 1 amide bonds. The van der Waals surface area contributed by atoms with Gasteiger partial charge in [-0.25, -0.2) is 0 Å². The molecule has 1 saturated heterocycles. The van der Waals surface area contributed by atoms with Crippen LogP contribution in [0.25, 0.3) is 0 Å². The number of morpholine rings is 1. The van der Waals surface area contributed by atoms with Gasteiger partial charge < -0.3 is 24.2 Å². The Kier molecular flexibility index (Phi) is 5.84. The molecular weight excluding hydrogens is 370 g/mol. The fourth-order valence-electron chi connectivity index (χ4n) is 2.40. The smallest absolute Gasteiger partial charge is 0.306 e. The lowest BCUT2D eigenvalue weighted by Crippen LogP contribution is -2.46. The van der Waals surface area contributed by atoms with E-state index >= 15 is 0 Å². The van der Waals surface area contributed by atoms with Crippen LogP contribution in [0.2, 0.25) is 0 Å². The van der Waals surface area contributed by atoms with Gasteiger partial charge in [0.15, 0.2) is 0 Å². The minimum absolute atomic E-state index is 0.128. The average Bonchev–Trinajstić information content (AvgIpc) is 2.54. The summed E-state index contributed by atoms with van der Waals surface area (Å²) in [6.45, 7) is 0.968. The maximum atomic E-state index is 12.7. The van der Waals surface area contributed by atoms with Crippen LogP contribution in [0.1, 0.15) is 16.8 Å². The lowest BCUT2D eigenvalue weighted by molar-refractivity contribution is -0.141. The summed E-state index contributed by atoms with van der Waals surface area (Å²) in [5, 5.41) is 8.85. The Morgan fingerprint density at radius 2 is 1.96 bits per heavy atom. The van der Waals surface area contributed by atoms with Gasteiger partial charge in [-0.05, 0) is 28.1 Å². The highest BCUT2D eigenvalue weighted by Gasteiger charge is 2.27. The molecule has 1 aromatic rings. The van der Waals surface area contributed by atoms with E-state index in [1.165, 1.54) is 14.2 Å². The van der Waals surface area contributed by atoms with E-state index in [0.29, 0.717) is 34.7 Å². The van der Waals surface area contributed by atoms with Crippen LogP contribution in [-0.4, -0.2) is 61.9 Å². The van der Waals surface area contributed by atoms with E-state index in [-0.39, 0.29) is 18.9 Å². The van der Waals surface area contributed by atoms with Crippen LogP contribution in [0.5, 0.6) is 11.5 Å². The Hall–Kier alpha value is -1.80. The number of aliphatic carboxylic acids is 1. The summed E-state index contributed by atoms with van der Waals surface area (Å²) in [5.74, 6) is -0.185. The standard InChI is InChI=1S/C15H18BrNO6/c1-21-11-5-9(6-12(22-2)14(11)16)15(20)17-3-4-23-10(8-17)7-13(18)19/h5-6,10H,3-4,7-8H2,1-2H3,(H,18,19)/t10-/m1/s1. The number of carboxylic acids is 1. The van der Waals surface area contributed by atoms with E-state index in [9.17, 15) is 9.59 Å². The maximum absolute atomic E-state index is 12.7. The van der Waals surface area contributed by atoms with Crippen molar-refractivity contribution in [3.05, 3.63) is 22.2 Å². The largest absolute Gasteiger partial charge is 0.495 e. The molecule has 8 heteroatoms. The topological polar surface area (TPSA) is 85.3 Å². The van der Waals surface area contributed by atoms with Crippen molar-refractivity contribution in [3.63, 3.8) is 0 Å². The number of amides is 1. The predicted molar refractivity (Wildman–Crippen MR) is 85.1 cm³/mol. The molecule has 1 aromatic carbocycles. The zero-order valence-corrected chi connectivity index (χ0v) is 14.5. The van der Waals surface area contributed by atoms with Gasteiger partial charge in [-0.1, -0.05) is 0 Å². The molecule has 1 heterocycles. The average molecular weight is 388 g/mol. The zero-order chi connectivity index (χ0) is 17.0. The van der Waals surface area contributed by atoms with Crippen LogP contribution in [0.4, 0.5) is 0 Å². The zero-order valence-electron chi connectivity index (χ0n) is 12.9. The van der Waals surface area contributed by atoms with E-state index < -0.39 is 12.1 Å². The summed E-state index contributed by atoms with van der Waals surface area (Å²) < 4.78 is 16.5. The number of rotatable bonds is 5. The highest BCUT2D eigenvalue weighted by atomic mass is 79.9. The minimum Gasteiger partial charge on any atom is -0.495 e. The molecule has 1 N–H and O–H groups in total. The highest BCUT2D eigenvalue weighted by molar-refractivity contribution is 9.10. The monoisotopic (exact) mass is 387 g/mol. The second-order valence-corrected chi connectivity index (χ2v) is 5.83. The number of halogens is 1. The van der Waals surface area contributed by atoms with Gasteiger partial charge in [0.05, 0.1) is 33.4 Å². The van der Waals surface area contributed by atoms with Crippen molar-refractivity contribution in [2.45, 2.75) is 12.5 Å². The van der Waals surface area contributed by atoms with Gasteiger partial charge in [0.2, 0.25) is 0 Å². The summed E-state index contributed by atoms with van der Waals surface area (Å²) in [6.07, 6.45) is -0.624. The number of hydrogen-bond donors (Lipinski definition) is 1. The first-order valence-electron chi connectivity index (χ1n) is 7.00.